The van der Waals surface area contributed by atoms with Crippen LogP contribution in [0.4, 0.5) is 5.69 Å². The highest BCUT2D eigenvalue weighted by Crippen LogP contribution is 2.15. The van der Waals surface area contributed by atoms with Gasteiger partial charge in [0.05, 0.1) is 11.9 Å². The van der Waals surface area contributed by atoms with Gasteiger partial charge in [0.25, 0.3) is 0 Å². The van der Waals surface area contributed by atoms with Crippen LogP contribution in [0, 0.1) is 0 Å². The molecular weight excluding hydrogens is 230 g/mol. The van der Waals surface area contributed by atoms with Crippen LogP contribution in [0.3, 0.4) is 0 Å². The van der Waals surface area contributed by atoms with Gasteiger partial charge in [-0.3, -0.25) is 4.90 Å². The number of anilines is 1. The quantitative estimate of drug-likeness (QED) is 0.872. The van der Waals surface area contributed by atoms with Crippen LogP contribution in [-0.2, 0) is 0 Å². The van der Waals surface area contributed by atoms with Crippen LogP contribution >= 0.6 is 0 Å². The normalized spacial score (nSPS) is 16.8. The number of carboxylic acids is 1. The van der Waals surface area contributed by atoms with Crippen LogP contribution in [0.25, 0.3) is 0 Å². The van der Waals surface area contributed by atoms with Gasteiger partial charge in [-0.25, -0.2) is 9.78 Å². The Balaban J connectivity index is 1.95. The monoisotopic (exact) mass is 249 g/mol. The summed E-state index contributed by atoms with van der Waals surface area (Å²) in [6.45, 7) is 7.44. The summed E-state index contributed by atoms with van der Waals surface area (Å²) in [5, 5.41) is 8.80. The summed E-state index contributed by atoms with van der Waals surface area (Å²) >= 11 is 0. The molecule has 1 fully saturated rings. The van der Waals surface area contributed by atoms with Gasteiger partial charge in [-0.1, -0.05) is 6.92 Å². The van der Waals surface area contributed by atoms with Crippen LogP contribution in [0.5, 0.6) is 0 Å². The first kappa shape index (κ1) is 12.8. The van der Waals surface area contributed by atoms with E-state index in [4.69, 9.17) is 5.11 Å². The minimum Gasteiger partial charge on any atom is -0.477 e. The first-order valence-corrected chi connectivity index (χ1v) is 6.37. The molecule has 0 bridgehead atoms. The Morgan fingerprint density at radius 1 is 1.33 bits per heavy atom. The molecule has 0 aromatic carbocycles. The van der Waals surface area contributed by atoms with E-state index >= 15 is 0 Å². The summed E-state index contributed by atoms with van der Waals surface area (Å²) < 4.78 is 0. The van der Waals surface area contributed by atoms with Gasteiger partial charge < -0.3 is 10.0 Å². The smallest absolute Gasteiger partial charge is 0.354 e. The number of aromatic carboxylic acids is 1. The van der Waals surface area contributed by atoms with Crippen molar-refractivity contribution in [1.82, 2.24) is 9.88 Å². The van der Waals surface area contributed by atoms with E-state index in [9.17, 15) is 4.79 Å². The highest BCUT2D eigenvalue weighted by atomic mass is 16.4. The van der Waals surface area contributed by atoms with Crippen molar-refractivity contribution in [1.29, 1.82) is 0 Å². The second-order valence-corrected chi connectivity index (χ2v) is 4.54. The highest BCUT2D eigenvalue weighted by Gasteiger charge is 2.16. The molecule has 0 aliphatic carbocycles. The molecule has 1 aromatic heterocycles. The van der Waals surface area contributed by atoms with Crippen molar-refractivity contribution >= 4 is 11.7 Å². The molecule has 0 radical (unpaired) electrons. The minimum atomic E-state index is -0.977. The molecule has 1 N–H and O–H groups in total. The average Bonchev–Trinajstić information content (AvgIpc) is 2.40. The van der Waals surface area contributed by atoms with E-state index in [0.29, 0.717) is 0 Å². The molecule has 98 valence electrons. The Bertz CT molecular complexity index is 397. The number of carbonyl (C=O) groups is 1. The summed E-state index contributed by atoms with van der Waals surface area (Å²) in [5.41, 5.74) is 1.11. The molecule has 0 amide bonds. The van der Waals surface area contributed by atoms with Crippen LogP contribution in [-0.4, -0.2) is 53.7 Å². The van der Waals surface area contributed by atoms with Gasteiger partial charge in [0, 0.05) is 26.2 Å². The highest BCUT2D eigenvalue weighted by molar-refractivity contribution is 5.85. The zero-order chi connectivity index (χ0) is 13.0. The third kappa shape index (κ3) is 2.98. The van der Waals surface area contributed by atoms with E-state index in [-0.39, 0.29) is 5.69 Å². The number of hydrogen-bond acceptors (Lipinski definition) is 4. The Hall–Kier alpha value is -1.62. The first-order chi connectivity index (χ1) is 8.70. The zero-order valence-electron chi connectivity index (χ0n) is 10.7. The van der Waals surface area contributed by atoms with E-state index < -0.39 is 5.97 Å². The number of rotatable bonds is 4. The third-order valence-corrected chi connectivity index (χ3v) is 3.24. The summed E-state index contributed by atoms with van der Waals surface area (Å²) in [4.78, 5) is 19.4. The fraction of sp³-hybridized carbons (Fsp3) is 0.538. The van der Waals surface area contributed by atoms with Crippen LogP contribution in [0.1, 0.15) is 23.8 Å². The lowest BCUT2D eigenvalue weighted by atomic mass is 10.2. The van der Waals surface area contributed by atoms with Crippen molar-refractivity contribution in [3.8, 4) is 0 Å². The summed E-state index contributed by atoms with van der Waals surface area (Å²) in [6, 6.07) is 3.40. The summed E-state index contributed by atoms with van der Waals surface area (Å²) in [5.74, 6) is -0.977. The molecule has 0 atom stereocenters. The van der Waals surface area contributed by atoms with Crippen molar-refractivity contribution in [2.45, 2.75) is 13.3 Å². The summed E-state index contributed by atoms with van der Waals surface area (Å²) in [6.07, 6.45) is 2.84. The molecule has 0 saturated carbocycles. The molecule has 18 heavy (non-hydrogen) atoms. The number of pyridine rings is 1. The van der Waals surface area contributed by atoms with Crippen molar-refractivity contribution in [2.75, 3.05) is 37.6 Å². The van der Waals surface area contributed by atoms with Gasteiger partial charge in [-0.15, -0.1) is 0 Å². The first-order valence-electron chi connectivity index (χ1n) is 6.37. The van der Waals surface area contributed by atoms with E-state index in [1.54, 1.807) is 12.3 Å². The fourth-order valence-corrected chi connectivity index (χ4v) is 2.25. The van der Waals surface area contributed by atoms with Crippen molar-refractivity contribution in [2.24, 2.45) is 0 Å². The maximum Gasteiger partial charge on any atom is 0.354 e. The topological polar surface area (TPSA) is 56.7 Å². The standard InChI is InChI=1S/C13H19N3O2/c1-2-5-15-6-8-16(9-7-15)11-3-4-12(13(17)18)14-10-11/h3-4,10H,2,5-9H2,1H3,(H,17,18). The maximum absolute atomic E-state index is 10.7. The van der Waals surface area contributed by atoms with E-state index in [1.165, 1.54) is 6.42 Å². The Kier molecular flexibility index (Phi) is 4.15. The van der Waals surface area contributed by atoms with Gasteiger partial charge in [0.1, 0.15) is 5.69 Å². The average molecular weight is 249 g/mol. The minimum absolute atomic E-state index is 0.100. The molecule has 0 spiro atoms. The molecule has 1 aliphatic rings. The maximum atomic E-state index is 10.7. The van der Waals surface area contributed by atoms with Crippen molar-refractivity contribution < 1.29 is 9.90 Å². The number of carboxylic acid groups (broad SMARTS) is 1. The number of hydrogen-bond donors (Lipinski definition) is 1. The number of nitrogens with zero attached hydrogens (tertiary/aromatic N) is 3. The van der Waals surface area contributed by atoms with Gasteiger partial charge in [-0.05, 0) is 25.1 Å². The SMILES string of the molecule is CCCN1CCN(c2ccc(C(=O)O)nc2)CC1. The Morgan fingerprint density at radius 2 is 2.06 bits per heavy atom. The molecule has 1 aromatic rings. The van der Waals surface area contributed by atoms with Crippen LogP contribution in [0.15, 0.2) is 18.3 Å². The lowest BCUT2D eigenvalue weighted by Gasteiger charge is -2.35. The van der Waals surface area contributed by atoms with Crippen LogP contribution < -0.4 is 4.90 Å². The molecule has 5 heteroatoms. The zero-order valence-corrected chi connectivity index (χ0v) is 10.7. The van der Waals surface area contributed by atoms with Crippen LogP contribution in [0.2, 0.25) is 0 Å². The molecule has 2 heterocycles. The lowest BCUT2D eigenvalue weighted by Crippen LogP contribution is -2.46. The number of aromatic nitrogens is 1. The molecule has 2 rings (SSSR count). The summed E-state index contributed by atoms with van der Waals surface area (Å²) in [7, 11) is 0. The molecular formula is C13H19N3O2. The molecule has 0 unspecified atom stereocenters. The second-order valence-electron chi connectivity index (χ2n) is 4.54. The van der Waals surface area contributed by atoms with Gasteiger partial charge >= 0.3 is 5.97 Å². The third-order valence-electron chi connectivity index (χ3n) is 3.24. The predicted molar refractivity (Wildman–Crippen MR) is 70.1 cm³/mol. The Morgan fingerprint density at radius 3 is 2.56 bits per heavy atom. The molecule has 1 saturated heterocycles. The lowest BCUT2D eigenvalue weighted by molar-refractivity contribution is 0.0690. The second kappa shape index (κ2) is 5.82. The fourth-order valence-electron chi connectivity index (χ4n) is 2.25. The largest absolute Gasteiger partial charge is 0.477 e. The van der Waals surface area contributed by atoms with E-state index in [0.717, 1.165) is 38.4 Å². The van der Waals surface area contributed by atoms with Gasteiger partial charge in [0.15, 0.2) is 0 Å². The predicted octanol–water partition coefficient (Wildman–Crippen LogP) is 1.31. The van der Waals surface area contributed by atoms with E-state index in [2.05, 4.69) is 21.7 Å². The van der Waals surface area contributed by atoms with E-state index in [1.807, 2.05) is 6.07 Å². The Labute approximate surface area is 107 Å². The molecule has 1 aliphatic heterocycles. The molecule has 5 nitrogen and oxygen atoms in total. The van der Waals surface area contributed by atoms with Gasteiger partial charge in [0.2, 0.25) is 0 Å². The van der Waals surface area contributed by atoms with Crippen molar-refractivity contribution in [3.63, 3.8) is 0 Å². The number of piperazine rings is 1. The van der Waals surface area contributed by atoms with Crippen molar-refractivity contribution in [3.05, 3.63) is 24.0 Å². The van der Waals surface area contributed by atoms with Gasteiger partial charge in [-0.2, -0.15) is 0 Å².